The van der Waals surface area contributed by atoms with Crippen molar-refractivity contribution in [3.63, 3.8) is 0 Å². The minimum Gasteiger partial charge on any atom is -0.393 e. The second-order valence-electron chi connectivity index (χ2n) is 13.8. The van der Waals surface area contributed by atoms with Crippen LogP contribution in [0.15, 0.2) is 36.4 Å². The van der Waals surface area contributed by atoms with Crippen LogP contribution in [0.4, 0.5) is 11.4 Å². The minimum absolute atomic E-state index is 0.0612. The third-order valence-electron chi connectivity index (χ3n) is 10.4. The van der Waals surface area contributed by atoms with Crippen LogP contribution < -0.4 is 21.3 Å². The number of carbonyl (C=O) groups is 3. The second kappa shape index (κ2) is 11.1. The molecule has 2 aromatic carbocycles. The van der Waals surface area contributed by atoms with Gasteiger partial charge >= 0.3 is 0 Å². The van der Waals surface area contributed by atoms with Crippen LogP contribution in [0.2, 0.25) is 10.0 Å². The van der Waals surface area contributed by atoms with Crippen LogP contribution >= 0.6 is 23.2 Å². The van der Waals surface area contributed by atoms with Crippen molar-refractivity contribution < 1.29 is 19.5 Å². The molecule has 3 atom stereocenters. The molecule has 2 spiro atoms. The summed E-state index contributed by atoms with van der Waals surface area (Å²) in [6.07, 6.45) is 5.49. The molecular weight excluding hydrogens is 587 g/mol. The maximum atomic E-state index is 14.7. The molecule has 0 aromatic heterocycles. The first-order valence-electron chi connectivity index (χ1n) is 15.3. The first-order chi connectivity index (χ1) is 20.3. The Morgan fingerprint density at radius 3 is 2.33 bits per heavy atom. The fourth-order valence-electron chi connectivity index (χ4n) is 8.26. The number of hydrogen-bond acceptors (Lipinski definition) is 5. The van der Waals surface area contributed by atoms with Crippen molar-refractivity contribution in [2.24, 2.45) is 5.41 Å². The van der Waals surface area contributed by atoms with E-state index in [0.717, 1.165) is 18.4 Å². The van der Waals surface area contributed by atoms with Gasteiger partial charge in [0, 0.05) is 45.8 Å². The molecule has 4 aliphatic rings. The molecule has 43 heavy (non-hydrogen) atoms. The summed E-state index contributed by atoms with van der Waals surface area (Å²) in [6.45, 7) is 5.93. The molecule has 2 aliphatic heterocycles. The van der Waals surface area contributed by atoms with Crippen molar-refractivity contribution in [3.05, 3.63) is 57.6 Å². The van der Waals surface area contributed by atoms with Crippen LogP contribution in [0.25, 0.3) is 0 Å². The Morgan fingerprint density at radius 1 is 0.953 bits per heavy atom. The first-order valence-corrected chi connectivity index (χ1v) is 16.0. The van der Waals surface area contributed by atoms with Crippen LogP contribution in [0.3, 0.4) is 0 Å². The van der Waals surface area contributed by atoms with E-state index in [1.54, 1.807) is 18.2 Å². The fourth-order valence-corrected chi connectivity index (χ4v) is 8.68. The summed E-state index contributed by atoms with van der Waals surface area (Å²) in [5, 5.41) is 24.0. The van der Waals surface area contributed by atoms with E-state index in [1.165, 1.54) is 6.92 Å². The smallest absolute Gasteiger partial charge is 0.238 e. The fraction of sp³-hybridized carbons (Fsp3) is 0.545. The molecule has 3 amide bonds. The molecule has 2 aromatic rings. The highest BCUT2D eigenvalue weighted by molar-refractivity contribution is 6.31. The number of nitrogens with one attached hydrogen (secondary N) is 4. The number of carbonyl (C=O) groups excluding carboxylic acids is 3. The lowest BCUT2D eigenvalue weighted by Gasteiger charge is -2.50. The number of halogens is 2. The van der Waals surface area contributed by atoms with Gasteiger partial charge in [-0.05, 0) is 98.2 Å². The van der Waals surface area contributed by atoms with Gasteiger partial charge in [0.05, 0.1) is 12.1 Å². The van der Waals surface area contributed by atoms with Crippen LogP contribution in [0, 0.1) is 5.41 Å². The number of amides is 3. The van der Waals surface area contributed by atoms with Crippen molar-refractivity contribution in [2.75, 3.05) is 10.6 Å². The van der Waals surface area contributed by atoms with Gasteiger partial charge in [0.2, 0.25) is 17.7 Å². The average Bonchev–Trinajstić information content (AvgIpc) is 3.39. The molecule has 8 nitrogen and oxygen atoms in total. The van der Waals surface area contributed by atoms with E-state index in [0.29, 0.717) is 65.5 Å². The Hall–Kier alpha value is -2.65. The molecule has 0 radical (unpaired) electrons. The lowest BCUT2D eigenvalue weighted by molar-refractivity contribution is -0.125. The van der Waals surface area contributed by atoms with E-state index >= 15 is 0 Å². The number of fused-ring (bicyclic) bond motifs is 3. The minimum atomic E-state index is -1.15. The van der Waals surface area contributed by atoms with Gasteiger partial charge in [-0.25, -0.2) is 0 Å². The van der Waals surface area contributed by atoms with Gasteiger partial charge < -0.3 is 21.1 Å². The van der Waals surface area contributed by atoms with Gasteiger partial charge in [-0.2, -0.15) is 0 Å². The normalized spacial score (nSPS) is 30.6. The zero-order valence-electron chi connectivity index (χ0n) is 24.9. The summed E-state index contributed by atoms with van der Waals surface area (Å²) in [5.74, 6) is -1.23. The third-order valence-corrected chi connectivity index (χ3v) is 10.8. The molecule has 3 fully saturated rings. The van der Waals surface area contributed by atoms with Crippen molar-refractivity contribution in [1.29, 1.82) is 0 Å². The second-order valence-corrected chi connectivity index (χ2v) is 14.6. The number of anilines is 2. The summed E-state index contributed by atoms with van der Waals surface area (Å²) < 4.78 is 0. The van der Waals surface area contributed by atoms with Gasteiger partial charge in [0.15, 0.2) is 0 Å². The predicted octanol–water partition coefficient (Wildman–Crippen LogP) is 5.66. The van der Waals surface area contributed by atoms with Crippen molar-refractivity contribution >= 4 is 52.3 Å². The topological polar surface area (TPSA) is 120 Å². The monoisotopic (exact) mass is 626 g/mol. The largest absolute Gasteiger partial charge is 0.393 e. The van der Waals surface area contributed by atoms with Crippen LogP contribution in [0.1, 0.15) is 89.2 Å². The molecule has 5 N–H and O–H groups in total. The molecule has 0 unspecified atom stereocenters. The van der Waals surface area contributed by atoms with Crippen molar-refractivity contribution in [2.45, 2.75) is 107 Å². The van der Waals surface area contributed by atoms with Gasteiger partial charge in [0.1, 0.15) is 5.41 Å². The summed E-state index contributed by atoms with van der Waals surface area (Å²) in [7, 11) is 0. The van der Waals surface area contributed by atoms with Gasteiger partial charge in [-0.15, -0.1) is 0 Å². The number of hydrogen-bond donors (Lipinski definition) is 5. The van der Waals surface area contributed by atoms with Crippen LogP contribution in [-0.2, 0) is 19.8 Å². The van der Waals surface area contributed by atoms with Crippen molar-refractivity contribution in [3.8, 4) is 0 Å². The Labute approximate surface area is 262 Å². The number of benzene rings is 2. The summed E-state index contributed by atoms with van der Waals surface area (Å²) in [4.78, 5) is 41.1. The van der Waals surface area contributed by atoms with Gasteiger partial charge in [0.25, 0.3) is 0 Å². The number of aliphatic hydroxyl groups excluding tert-OH is 1. The average molecular weight is 628 g/mol. The standard InChI is InChI=1S/C33H40Cl2N4O4/c1-18(40)36-23-15-19(14-21(35)16-23)27-28(29(42)37-22-5-7-24(41)8-6-22)39-32(12-10-31(2,3)11-13-32)33(27)25-9-4-20(34)17-26(25)38-30(33)43/h4,9,14-17,22,24,27-28,39,41H,5-8,10-13H2,1-3H3,(H,36,40)(H,37,42)(H,38,43)/t22?,24?,27-,28+,33+/m0/s1. The molecule has 2 aliphatic carbocycles. The molecule has 0 bridgehead atoms. The van der Waals surface area contributed by atoms with E-state index in [9.17, 15) is 19.5 Å². The molecule has 2 heterocycles. The molecule has 1 saturated heterocycles. The van der Waals surface area contributed by atoms with Gasteiger partial charge in [-0.3, -0.25) is 19.7 Å². The van der Waals surface area contributed by atoms with Gasteiger partial charge in [-0.1, -0.05) is 43.1 Å². The maximum Gasteiger partial charge on any atom is 0.238 e. The SMILES string of the molecule is CC(=O)Nc1cc(Cl)cc([C@H]2[C@H](C(=O)NC3CCC(O)CC3)NC3(CCC(C)(C)CC3)[C@@]23C(=O)Nc2cc(Cl)ccc23)c1. The Bertz CT molecular complexity index is 1460. The molecule has 2 saturated carbocycles. The Balaban J connectivity index is 1.54. The lowest BCUT2D eigenvalue weighted by Crippen LogP contribution is -2.61. The maximum absolute atomic E-state index is 14.7. The number of rotatable bonds is 4. The van der Waals surface area contributed by atoms with E-state index in [-0.39, 0.29) is 35.3 Å². The highest BCUT2D eigenvalue weighted by Crippen LogP contribution is 2.64. The summed E-state index contributed by atoms with van der Waals surface area (Å²) in [6, 6.07) is 10.0. The summed E-state index contributed by atoms with van der Waals surface area (Å²) >= 11 is 13.1. The first kappa shape index (κ1) is 30.4. The quantitative estimate of drug-likeness (QED) is 0.300. The zero-order chi connectivity index (χ0) is 30.7. The molecule has 10 heteroatoms. The van der Waals surface area contributed by atoms with Crippen LogP contribution in [0.5, 0.6) is 0 Å². The third kappa shape index (κ3) is 5.24. The highest BCUT2D eigenvalue weighted by Gasteiger charge is 2.72. The van der Waals surface area contributed by atoms with Crippen LogP contribution in [-0.4, -0.2) is 46.6 Å². The van der Waals surface area contributed by atoms with E-state index < -0.39 is 22.9 Å². The predicted molar refractivity (Wildman–Crippen MR) is 169 cm³/mol. The van der Waals surface area contributed by atoms with E-state index in [2.05, 4.69) is 35.1 Å². The summed E-state index contributed by atoms with van der Waals surface area (Å²) in [5.41, 5.74) is 0.897. The van der Waals surface area contributed by atoms with Crippen molar-refractivity contribution in [1.82, 2.24) is 10.6 Å². The van der Waals surface area contributed by atoms with E-state index in [4.69, 9.17) is 23.2 Å². The lowest BCUT2D eigenvalue weighted by atomic mass is 9.53. The molecule has 6 rings (SSSR count). The Kier molecular flexibility index (Phi) is 7.81. The van der Waals surface area contributed by atoms with E-state index in [1.807, 2.05) is 18.2 Å². The zero-order valence-corrected chi connectivity index (χ0v) is 26.4. The highest BCUT2D eigenvalue weighted by atomic mass is 35.5. The number of aliphatic hydroxyl groups is 1. The Morgan fingerprint density at radius 2 is 1.65 bits per heavy atom. The molecule has 230 valence electrons. The molecular formula is C33H40Cl2N4O4.